The van der Waals surface area contributed by atoms with Crippen LogP contribution in [0.2, 0.25) is 0 Å². The smallest absolute Gasteiger partial charge is 0.248 e. The molecule has 0 aliphatic carbocycles. The maximum Gasteiger partial charge on any atom is 0.248 e. The van der Waals surface area contributed by atoms with Crippen LogP contribution in [0.5, 0.6) is 28.7 Å². The monoisotopic (exact) mass is 523 g/mol. The minimum absolute atomic E-state index is 0.0624. The Labute approximate surface area is 222 Å². The quantitative estimate of drug-likeness (QED) is 0.221. The first-order valence-electron chi connectivity index (χ1n) is 11.9. The molecule has 3 aromatic rings. The summed E-state index contributed by atoms with van der Waals surface area (Å²) in [4.78, 5) is 12.4. The molecule has 1 amide bonds. The molecule has 0 radical (unpaired) electrons. The second-order valence-corrected chi connectivity index (χ2v) is 7.94. The minimum atomic E-state index is -0.272. The van der Waals surface area contributed by atoms with Gasteiger partial charge >= 0.3 is 0 Å². The third-order valence-corrected chi connectivity index (χ3v) is 5.29. The van der Waals surface area contributed by atoms with Crippen LogP contribution in [-0.2, 0) is 20.7 Å². The molecule has 3 aromatic carbocycles. The standard InChI is InChI=1S/C29H33NO8/c1-32-19-37-26-13-6-21(18-28(26)38-20-33-2)7-14-29(31)30-23-8-10-24(11-9-23)36-16-15-22-5-12-25(34-3)27(17-22)35-4/h5-14,17-18H,15-16,19-20H2,1-4H3,(H,30,31)/b14-7+. The van der Waals surface area contributed by atoms with Crippen molar-refractivity contribution in [1.82, 2.24) is 0 Å². The lowest BCUT2D eigenvalue weighted by molar-refractivity contribution is -0.111. The molecule has 1 N–H and O–H groups in total. The average Bonchev–Trinajstić information content (AvgIpc) is 2.95. The first-order chi connectivity index (χ1) is 18.6. The summed E-state index contributed by atoms with van der Waals surface area (Å²) in [7, 11) is 6.29. The number of carbonyl (C=O) groups excluding carboxylic acids is 1. The van der Waals surface area contributed by atoms with Crippen molar-refractivity contribution < 1.29 is 38.0 Å². The number of hydrogen-bond donors (Lipinski definition) is 1. The lowest BCUT2D eigenvalue weighted by Gasteiger charge is -2.12. The van der Waals surface area contributed by atoms with Gasteiger partial charge in [0.25, 0.3) is 0 Å². The Morgan fingerprint density at radius 1 is 0.737 bits per heavy atom. The molecule has 0 heterocycles. The largest absolute Gasteiger partial charge is 0.493 e. The van der Waals surface area contributed by atoms with Gasteiger partial charge in [-0.05, 0) is 65.7 Å². The van der Waals surface area contributed by atoms with Crippen molar-refractivity contribution in [2.45, 2.75) is 6.42 Å². The van der Waals surface area contributed by atoms with Gasteiger partial charge in [-0.1, -0.05) is 12.1 Å². The fourth-order valence-electron chi connectivity index (χ4n) is 3.42. The number of carbonyl (C=O) groups is 1. The Hall–Kier alpha value is -4.21. The molecular weight excluding hydrogens is 490 g/mol. The van der Waals surface area contributed by atoms with E-state index in [1.54, 1.807) is 44.6 Å². The summed E-state index contributed by atoms with van der Waals surface area (Å²) in [6.07, 6.45) is 3.83. The predicted octanol–water partition coefficient (Wildman–Crippen LogP) is 4.94. The molecule has 3 rings (SSSR count). The molecule has 0 atom stereocenters. The number of hydrogen-bond acceptors (Lipinski definition) is 8. The Bertz CT molecular complexity index is 1190. The van der Waals surface area contributed by atoms with Crippen molar-refractivity contribution >= 4 is 17.7 Å². The Morgan fingerprint density at radius 3 is 2.11 bits per heavy atom. The van der Waals surface area contributed by atoms with E-state index in [0.717, 1.165) is 11.1 Å². The van der Waals surface area contributed by atoms with E-state index in [4.69, 9.17) is 33.2 Å². The van der Waals surface area contributed by atoms with Crippen LogP contribution in [0.4, 0.5) is 5.69 Å². The lowest BCUT2D eigenvalue weighted by Crippen LogP contribution is -2.08. The van der Waals surface area contributed by atoms with Gasteiger partial charge < -0.3 is 38.5 Å². The third kappa shape index (κ3) is 8.72. The number of nitrogens with one attached hydrogen (secondary N) is 1. The second-order valence-electron chi connectivity index (χ2n) is 7.94. The van der Waals surface area contributed by atoms with Crippen LogP contribution in [0.3, 0.4) is 0 Å². The van der Waals surface area contributed by atoms with Crippen molar-refractivity contribution in [3.63, 3.8) is 0 Å². The Kier molecular flexibility index (Phi) is 11.3. The van der Waals surface area contributed by atoms with Gasteiger partial charge in [-0.15, -0.1) is 0 Å². The normalized spacial score (nSPS) is 10.7. The SMILES string of the molecule is COCOc1ccc(/C=C/C(=O)Nc2ccc(OCCc3ccc(OC)c(OC)c3)cc2)cc1OCOC. The van der Waals surface area contributed by atoms with Crippen molar-refractivity contribution in [1.29, 1.82) is 0 Å². The second kappa shape index (κ2) is 15.1. The van der Waals surface area contributed by atoms with Gasteiger partial charge in [0.05, 0.1) is 20.8 Å². The number of amides is 1. The first kappa shape index (κ1) is 28.4. The summed E-state index contributed by atoms with van der Waals surface area (Å²) in [6.45, 7) is 0.644. The molecule has 0 aromatic heterocycles. The summed E-state index contributed by atoms with van der Waals surface area (Å²) < 4.78 is 37.4. The third-order valence-electron chi connectivity index (χ3n) is 5.29. The van der Waals surface area contributed by atoms with E-state index >= 15 is 0 Å². The zero-order valence-electron chi connectivity index (χ0n) is 22.0. The molecular formula is C29H33NO8. The molecule has 9 heteroatoms. The fourth-order valence-corrected chi connectivity index (χ4v) is 3.42. The van der Waals surface area contributed by atoms with Crippen LogP contribution in [0.1, 0.15) is 11.1 Å². The van der Waals surface area contributed by atoms with E-state index in [1.165, 1.54) is 20.3 Å². The summed E-state index contributed by atoms with van der Waals surface area (Å²) >= 11 is 0. The highest BCUT2D eigenvalue weighted by Crippen LogP contribution is 2.29. The first-order valence-corrected chi connectivity index (χ1v) is 11.9. The molecule has 38 heavy (non-hydrogen) atoms. The highest BCUT2D eigenvalue weighted by atomic mass is 16.7. The van der Waals surface area contributed by atoms with E-state index in [0.29, 0.717) is 47.5 Å². The maximum atomic E-state index is 12.4. The number of anilines is 1. The Morgan fingerprint density at radius 2 is 1.42 bits per heavy atom. The van der Waals surface area contributed by atoms with E-state index in [9.17, 15) is 4.79 Å². The molecule has 0 saturated heterocycles. The number of ether oxygens (including phenoxy) is 7. The summed E-state index contributed by atoms with van der Waals surface area (Å²) in [5, 5.41) is 2.83. The molecule has 202 valence electrons. The highest BCUT2D eigenvalue weighted by molar-refractivity contribution is 6.02. The van der Waals surface area contributed by atoms with Crippen LogP contribution >= 0.6 is 0 Å². The van der Waals surface area contributed by atoms with E-state index in [1.807, 2.05) is 36.4 Å². The van der Waals surface area contributed by atoms with E-state index in [2.05, 4.69) is 5.32 Å². The number of methoxy groups -OCH3 is 4. The van der Waals surface area contributed by atoms with Crippen molar-refractivity contribution in [3.8, 4) is 28.7 Å². The van der Waals surface area contributed by atoms with Crippen molar-refractivity contribution in [2.24, 2.45) is 0 Å². The van der Waals surface area contributed by atoms with Crippen molar-refractivity contribution in [3.05, 3.63) is 77.9 Å². The fraction of sp³-hybridized carbons (Fsp3) is 0.276. The van der Waals surface area contributed by atoms with Gasteiger partial charge in [0.1, 0.15) is 5.75 Å². The van der Waals surface area contributed by atoms with Crippen molar-refractivity contribution in [2.75, 3.05) is 53.9 Å². The van der Waals surface area contributed by atoms with Gasteiger partial charge in [0.15, 0.2) is 36.6 Å². The van der Waals surface area contributed by atoms with Crippen LogP contribution < -0.4 is 29.0 Å². The van der Waals surface area contributed by atoms with Gasteiger partial charge in [-0.2, -0.15) is 0 Å². The van der Waals surface area contributed by atoms with Gasteiger partial charge in [-0.3, -0.25) is 4.79 Å². The minimum Gasteiger partial charge on any atom is -0.493 e. The molecule has 9 nitrogen and oxygen atoms in total. The number of benzene rings is 3. The molecule has 0 aliphatic rings. The van der Waals surface area contributed by atoms with Gasteiger partial charge in [0.2, 0.25) is 5.91 Å². The molecule has 0 saturated carbocycles. The van der Waals surface area contributed by atoms with E-state index < -0.39 is 0 Å². The maximum absolute atomic E-state index is 12.4. The highest BCUT2D eigenvalue weighted by Gasteiger charge is 2.08. The zero-order chi connectivity index (χ0) is 27.2. The molecule has 0 bridgehead atoms. The van der Waals surface area contributed by atoms with E-state index in [-0.39, 0.29) is 19.5 Å². The van der Waals surface area contributed by atoms with Crippen LogP contribution in [-0.4, -0.2) is 54.5 Å². The molecule has 0 fully saturated rings. The Balaban J connectivity index is 1.51. The summed E-state index contributed by atoms with van der Waals surface area (Å²) in [5.41, 5.74) is 2.49. The molecule has 0 aliphatic heterocycles. The molecule has 0 unspecified atom stereocenters. The number of rotatable bonds is 15. The van der Waals surface area contributed by atoms with Crippen LogP contribution in [0.25, 0.3) is 6.08 Å². The van der Waals surface area contributed by atoms with Crippen LogP contribution in [0, 0.1) is 0 Å². The molecule has 0 spiro atoms. The summed E-state index contributed by atoms with van der Waals surface area (Å²) in [5.74, 6) is 2.80. The lowest BCUT2D eigenvalue weighted by atomic mass is 10.1. The van der Waals surface area contributed by atoms with Gasteiger partial charge in [-0.25, -0.2) is 0 Å². The van der Waals surface area contributed by atoms with Gasteiger partial charge in [0, 0.05) is 32.4 Å². The topological polar surface area (TPSA) is 93.7 Å². The summed E-state index contributed by atoms with van der Waals surface area (Å²) in [6, 6.07) is 18.3. The average molecular weight is 524 g/mol. The predicted molar refractivity (Wildman–Crippen MR) is 144 cm³/mol. The zero-order valence-corrected chi connectivity index (χ0v) is 22.0. The van der Waals surface area contributed by atoms with Crippen LogP contribution in [0.15, 0.2) is 66.7 Å².